The number of phenolic OH excluding ortho intramolecular Hbond substituents is 3. The van der Waals surface area contributed by atoms with Crippen LogP contribution in [-0.4, -0.2) is 102 Å². The molecule has 3 aromatic rings. The normalized spacial score (nSPS) is 31.5. The van der Waals surface area contributed by atoms with Crippen LogP contribution in [0, 0.1) is 0 Å². The zero-order valence-corrected chi connectivity index (χ0v) is 25.5. The molecule has 2 aliphatic rings. The number of aliphatic hydroxyl groups excluding tert-OH is 5. The zero-order valence-electron chi connectivity index (χ0n) is 25.5. The van der Waals surface area contributed by atoms with Gasteiger partial charge in [-0.3, -0.25) is 4.79 Å². The Morgan fingerprint density at radius 1 is 0.826 bits per heavy atom. The van der Waals surface area contributed by atoms with Crippen LogP contribution in [-0.2, 0) is 20.6 Å². The summed E-state index contributed by atoms with van der Waals surface area (Å²) < 4.78 is 29.4. The molecule has 10 unspecified atom stereocenters. The van der Waals surface area contributed by atoms with Crippen molar-refractivity contribution in [3.05, 3.63) is 57.8 Å². The molecule has 14 heteroatoms. The molecule has 2 aliphatic heterocycles. The number of hydrogen-bond acceptors (Lipinski definition) is 14. The fourth-order valence-electron chi connectivity index (χ4n) is 5.42. The van der Waals surface area contributed by atoms with Gasteiger partial charge in [-0.1, -0.05) is 11.6 Å². The van der Waals surface area contributed by atoms with Gasteiger partial charge in [0.25, 0.3) is 0 Å². The van der Waals surface area contributed by atoms with Gasteiger partial charge in [0.05, 0.1) is 12.2 Å². The van der Waals surface area contributed by atoms with E-state index in [1.807, 2.05) is 13.8 Å². The van der Waals surface area contributed by atoms with Gasteiger partial charge in [0.1, 0.15) is 58.7 Å². The Morgan fingerprint density at radius 3 is 2.07 bits per heavy atom. The number of allylic oxidation sites excluding steroid dienone is 2. The number of ether oxygens (including phenoxy) is 4. The average Bonchev–Trinajstić information content (AvgIpc) is 3.00. The van der Waals surface area contributed by atoms with E-state index < -0.39 is 78.3 Å². The second-order valence-electron chi connectivity index (χ2n) is 11.8. The second-order valence-corrected chi connectivity index (χ2v) is 11.8. The highest BCUT2D eigenvalue weighted by Gasteiger charge is 2.50. The van der Waals surface area contributed by atoms with Crippen LogP contribution in [0.15, 0.2) is 51.2 Å². The van der Waals surface area contributed by atoms with Crippen LogP contribution in [0.1, 0.15) is 33.3 Å². The first-order valence-corrected chi connectivity index (χ1v) is 14.7. The van der Waals surface area contributed by atoms with Crippen molar-refractivity contribution in [3.63, 3.8) is 0 Å². The molecule has 3 heterocycles. The molecule has 10 atom stereocenters. The van der Waals surface area contributed by atoms with Gasteiger partial charge in [0.15, 0.2) is 18.2 Å². The van der Waals surface area contributed by atoms with Gasteiger partial charge >= 0.3 is 0 Å². The molecule has 0 amide bonds. The van der Waals surface area contributed by atoms with Crippen molar-refractivity contribution in [2.45, 2.75) is 95.5 Å². The minimum Gasteiger partial charge on any atom is -0.508 e. The molecule has 46 heavy (non-hydrogen) atoms. The van der Waals surface area contributed by atoms with E-state index in [-0.39, 0.29) is 45.8 Å². The molecule has 2 fully saturated rings. The van der Waals surface area contributed by atoms with Crippen LogP contribution >= 0.6 is 0 Å². The number of benzene rings is 2. The Hall–Kier alpha value is -3.73. The Labute approximate surface area is 262 Å². The molecule has 250 valence electrons. The summed E-state index contributed by atoms with van der Waals surface area (Å²) in [4.78, 5) is 14.2. The van der Waals surface area contributed by atoms with Gasteiger partial charge in [-0.15, -0.1) is 0 Å². The maximum absolute atomic E-state index is 14.2. The first kappa shape index (κ1) is 33.6. The SMILES string of the molecule is CC(C)=CCc1c(O)cc(O)c2c(=O)c(OC3OC(C)C(O)C(O)C3OC3OC(C)C(O)C(O)C3O)c(-c3ccc(O)cc3)oc12. The molecule has 2 aromatic carbocycles. The lowest BCUT2D eigenvalue weighted by Crippen LogP contribution is -2.63. The minimum atomic E-state index is -1.78. The van der Waals surface area contributed by atoms with Gasteiger partial charge in [-0.25, -0.2) is 0 Å². The highest BCUT2D eigenvalue weighted by Crippen LogP contribution is 2.40. The smallest absolute Gasteiger partial charge is 0.239 e. The number of aliphatic hydroxyl groups is 5. The molecule has 1 aromatic heterocycles. The quantitative estimate of drug-likeness (QED) is 0.168. The lowest BCUT2D eigenvalue weighted by molar-refractivity contribution is -0.352. The number of rotatable bonds is 7. The largest absolute Gasteiger partial charge is 0.508 e. The van der Waals surface area contributed by atoms with Gasteiger partial charge < -0.3 is 64.2 Å². The van der Waals surface area contributed by atoms with Crippen LogP contribution < -0.4 is 10.2 Å². The fraction of sp³-hybridized carbons (Fsp3) is 0.469. The van der Waals surface area contributed by atoms with E-state index in [0.29, 0.717) is 0 Å². The molecular formula is C32H38O14. The number of aromatic hydroxyl groups is 3. The zero-order chi connectivity index (χ0) is 33.6. The Bertz CT molecular complexity index is 1650. The molecular weight excluding hydrogens is 608 g/mol. The van der Waals surface area contributed by atoms with E-state index in [1.165, 1.54) is 38.1 Å². The number of phenols is 3. The Balaban J connectivity index is 1.65. The van der Waals surface area contributed by atoms with Gasteiger partial charge in [0.2, 0.25) is 17.5 Å². The first-order chi connectivity index (χ1) is 21.7. The topological polar surface area (TPSA) is 229 Å². The molecule has 0 radical (unpaired) electrons. The van der Waals surface area contributed by atoms with Crippen molar-refractivity contribution in [1.82, 2.24) is 0 Å². The standard InChI is InChI=1S/C32H38O14/c1-12(2)5-10-17-18(34)11-19(35)20-23(38)29(27(44-28(17)20)15-6-8-16(33)9-7-15)45-32-30(25(40)22(37)14(4)43-32)46-31-26(41)24(39)21(36)13(3)42-31/h5-9,11,13-14,21-22,24-26,30-37,39-41H,10H2,1-4H3. The molecule has 5 rings (SSSR count). The average molecular weight is 647 g/mol. The lowest BCUT2D eigenvalue weighted by Gasteiger charge is -2.45. The van der Waals surface area contributed by atoms with Crippen LogP contribution in [0.4, 0.5) is 0 Å². The van der Waals surface area contributed by atoms with Crippen molar-refractivity contribution in [2.75, 3.05) is 0 Å². The highest BCUT2D eigenvalue weighted by atomic mass is 16.8. The molecule has 0 spiro atoms. The van der Waals surface area contributed by atoms with Crippen LogP contribution in [0.25, 0.3) is 22.3 Å². The maximum atomic E-state index is 14.2. The van der Waals surface area contributed by atoms with Gasteiger partial charge in [-0.2, -0.15) is 0 Å². The van der Waals surface area contributed by atoms with Crippen LogP contribution in [0.5, 0.6) is 23.0 Å². The van der Waals surface area contributed by atoms with Crippen molar-refractivity contribution in [3.8, 4) is 34.3 Å². The third-order valence-corrected chi connectivity index (χ3v) is 8.15. The summed E-state index contributed by atoms with van der Waals surface area (Å²) in [6.45, 7) is 6.55. The molecule has 0 bridgehead atoms. The van der Waals surface area contributed by atoms with E-state index >= 15 is 0 Å². The van der Waals surface area contributed by atoms with Gasteiger partial charge in [-0.05, 0) is 58.4 Å². The molecule has 0 saturated carbocycles. The van der Waals surface area contributed by atoms with Crippen molar-refractivity contribution in [1.29, 1.82) is 0 Å². The summed E-state index contributed by atoms with van der Waals surface area (Å²) in [5.74, 6) is -1.73. The molecule has 2 saturated heterocycles. The summed E-state index contributed by atoms with van der Waals surface area (Å²) in [5, 5.41) is 83.6. The Morgan fingerprint density at radius 2 is 1.43 bits per heavy atom. The summed E-state index contributed by atoms with van der Waals surface area (Å²) in [7, 11) is 0. The third kappa shape index (κ3) is 6.30. The first-order valence-electron chi connectivity index (χ1n) is 14.7. The number of hydrogen-bond donors (Lipinski definition) is 8. The molecule has 14 nitrogen and oxygen atoms in total. The maximum Gasteiger partial charge on any atom is 0.239 e. The van der Waals surface area contributed by atoms with E-state index in [4.69, 9.17) is 23.4 Å². The summed E-state index contributed by atoms with van der Waals surface area (Å²) in [5.41, 5.74) is 0.342. The summed E-state index contributed by atoms with van der Waals surface area (Å²) in [6.07, 6.45) is -13.2. The van der Waals surface area contributed by atoms with E-state index in [0.717, 1.165) is 11.6 Å². The van der Waals surface area contributed by atoms with Crippen molar-refractivity contribution in [2.24, 2.45) is 0 Å². The predicted octanol–water partition coefficient (Wildman–Crippen LogP) is 1.14. The van der Waals surface area contributed by atoms with E-state index in [2.05, 4.69) is 0 Å². The third-order valence-electron chi connectivity index (χ3n) is 8.15. The predicted molar refractivity (Wildman–Crippen MR) is 160 cm³/mol. The number of fused-ring (bicyclic) bond motifs is 1. The Kier molecular flexibility index (Phi) is 9.63. The molecule has 0 aliphatic carbocycles. The summed E-state index contributed by atoms with van der Waals surface area (Å²) >= 11 is 0. The highest BCUT2D eigenvalue weighted by molar-refractivity contribution is 5.91. The summed E-state index contributed by atoms with van der Waals surface area (Å²) in [6, 6.07) is 6.54. The lowest BCUT2D eigenvalue weighted by atomic mass is 9.98. The van der Waals surface area contributed by atoms with Crippen LogP contribution in [0.2, 0.25) is 0 Å². The molecule has 8 N–H and O–H groups in total. The van der Waals surface area contributed by atoms with E-state index in [1.54, 1.807) is 6.08 Å². The fourth-order valence-corrected chi connectivity index (χ4v) is 5.42. The van der Waals surface area contributed by atoms with Crippen molar-refractivity contribution < 1.29 is 64.2 Å². The monoisotopic (exact) mass is 646 g/mol. The van der Waals surface area contributed by atoms with E-state index in [9.17, 15) is 45.6 Å². The second kappa shape index (κ2) is 13.2. The van der Waals surface area contributed by atoms with Gasteiger partial charge in [0, 0.05) is 17.2 Å². The van der Waals surface area contributed by atoms with Crippen molar-refractivity contribution >= 4 is 11.0 Å². The van der Waals surface area contributed by atoms with Crippen LogP contribution in [0.3, 0.4) is 0 Å². The minimum absolute atomic E-state index is 0.0866.